The summed E-state index contributed by atoms with van der Waals surface area (Å²) >= 11 is 1.71. The quantitative estimate of drug-likeness (QED) is 0.602. The molecule has 0 saturated carbocycles. The number of thiazole rings is 1. The van der Waals surface area contributed by atoms with Gasteiger partial charge in [-0.05, 0) is 0 Å². The normalized spacial score (nSPS) is 12.0. The predicted molar refractivity (Wildman–Crippen MR) is 62.9 cm³/mol. The number of nitrogens with zero attached hydrogens (tertiary/aromatic N) is 4. The summed E-state index contributed by atoms with van der Waals surface area (Å²) in [4.78, 5) is 1.15. The van der Waals surface area contributed by atoms with Gasteiger partial charge in [0.25, 0.3) is 0 Å². The Kier molecular flexibility index (Phi) is 1.97. The SMILES string of the molecule is Cc1csc2c3nnc(C(C)C)n3cc[n+]12. The number of hydrogen-bond donors (Lipinski definition) is 0. The molecule has 0 saturated heterocycles. The molecule has 0 spiro atoms. The summed E-state index contributed by atoms with van der Waals surface area (Å²) in [7, 11) is 0. The molecule has 3 aromatic heterocycles. The molecule has 0 aliphatic heterocycles. The van der Waals surface area contributed by atoms with Crippen LogP contribution >= 0.6 is 11.3 Å². The number of aromatic nitrogens is 4. The fraction of sp³-hybridized carbons (Fsp3) is 0.364. The monoisotopic (exact) mass is 233 g/mol. The van der Waals surface area contributed by atoms with Gasteiger partial charge in [0.15, 0.2) is 11.9 Å². The summed E-state index contributed by atoms with van der Waals surface area (Å²) in [6.07, 6.45) is 4.11. The number of rotatable bonds is 1. The van der Waals surface area contributed by atoms with Gasteiger partial charge in [0, 0.05) is 12.8 Å². The minimum atomic E-state index is 0.388. The van der Waals surface area contributed by atoms with Gasteiger partial charge in [-0.1, -0.05) is 25.2 Å². The molecule has 0 aliphatic carbocycles. The van der Waals surface area contributed by atoms with Crippen LogP contribution in [-0.2, 0) is 0 Å². The van der Waals surface area contributed by atoms with Crippen molar-refractivity contribution in [2.45, 2.75) is 26.7 Å². The third-order valence-electron chi connectivity index (χ3n) is 2.73. The van der Waals surface area contributed by atoms with Crippen molar-refractivity contribution in [1.29, 1.82) is 0 Å². The summed E-state index contributed by atoms with van der Waals surface area (Å²) in [6, 6.07) is 0. The van der Waals surface area contributed by atoms with Crippen LogP contribution in [-0.4, -0.2) is 14.6 Å². The molecule has 0 aliphatic rings. The lowest BCUT2D eigenvalue weighted by molar-refractivity contribution is -0.514. The molecule has 0 bridgehead atoms. The van der Waals surface area contributed by atoms with Crippen LogP contribution < -0.4 is 4.40 Å². The maximum absolute atomic E-state index is 4.28. The third-order valence-corrected chi connectivity index (χ3v) is 3.80. The molecule has 16 heavy (non-hydrogen) atoms. The molecule has 5 heteroatoms. The van der Waals surface area contributed by atoms with E-state index in [0.29, 0.717) is 5.92 Å². The summed E-state index contributed by atoms with van der Waals surface area (Å²) in [5.74, 6) is 1.40. The second-order valence-corrected chi connectivity index (χ2v) is 5.11. The van der Waals surface area contributed by atoms with E-state index in [1.807, 2.05) is 6.20 Å². The van der Waals surface area contributed by atoms with Crippen molar-refractivity contribution in [3.63, 3.8) is 0 Å². The molecule has 4 nitrogen and oxygen atoms in total. The van der Waals surface area contributed by atoms with Crippen molar-refractivity contribution >= 4 is 21.8 Å². The standard InChI is InChI=1S/C11H13N4S/c1-7(2)9-12-13-10-11-14(4-5-15(9)10)8(3)6-16-11/h4-7H,1-3H3/q+1. The van der Waals surface area contributed by atoms with Gasteiger partial charge in [0.05, 0.1) is 11.6 Å². The molecule has 0 aromatic carbocycles. The van der Waals surface area contributed by atoms with E-state index in [1.165, 1.54) is 5.69 Å². The van der Waals surface area contributed by atoms with Crippen molar-refractivity contribution in [2.75, 3.05) is 0 Å². The first-order valence-corrected chi connectivity index (χ1v) is 6.19. The molecule has 82 valence electrons. The zero-order chi connectivity index (χ0) is 11.3. The summed E-state index contributed by atoms with van der Waals surface area (Å²) in [5, 5.41) is 10.7. The van der Waals surface area contributed by atoms with Crippen LogP contribution in [0.4, 0.5) is 0 Å². The van der Waals surface area contributed by atoms with Crippen molar-refractivity contribution in [3.05, 3.63) is 29.3 Å². The van der Waals surface area contributed by atoms with Gasteiger partial charge in [-0.15, -0.1) is 10.2 Å². The van der Waals surface area contributed by atoms with E-state index in [9.17, 15) is 0 Å². The topological polar surface area (TPSA) is 34.3 Å². The average Bonchev–Trinajstić information content (AvgIpc) is 2.81. The highest BCUT2D eigenvalue weighted by Crippen LogP contribution is 2.18. The Morgan fingerprint density at radius 1 is 1.38 bits per heavy atom. The summed E-state index contributed by atoms with van der Waals surface area (Å²) in [5.41, 5.74) is 2.18. The van der Waals surface area contributed by atoms with Crippen LogP contribution in [0.2, 0.25) is 0 Å². The van der Waals surface area contributed by atoms with Crippen molar-refractivity contribution in [2.24, 2.45) is 0 Å². The minimum absolute atomic E-state index is 0.388. The van der Waals surface area contributed by atoms with E-state index < -0.39 is 0 Å². The lowest BCUT2D eigenvalue weighted by Crippen LogP contribution is -2.22. The summed E-state index contributed by atoms with van der Waals surface area (Å²) in [6.45, 7) is 6.36. The number of fused-ring (bicyclic) bond motifs is 3. The Morgan fingerprint density at radius 3 is 2.94 bits per heavy atom. The Morgan fingerprint density at radius 2 is 2.19 bits per heavy atom. The van der Waals surface area contributed by atoms with Crippen LogP contribution in [0, 0.1) is 6.92 Å². The van der Waals surface area contributed by atoms with Gasteiger partial charge in [-0.3, -0.25) is 4.40 Å². The molecule has 0 unspecified atom stereocenters. The smallest absolute Gasteiger partial charge is 0.274 e. The molecule has 0 atom stereocenters. The van der Waals surface area contributed by atoms with Gasteiger partial charge in [-0.25, -0.2) is 0 Å². The number of aryl methyl sites for hydroxylation is 1. The highest BCUT2D eigenvalue weighted by Gasteiger charge is 2.18. The van der Waals surface area contributed by atoms with Crippen LogP contribution in [0.25, 0.3) is 10.5 Å². The zero-order valence-corrected chi connectivity index (χ0v) is 10.3. The van der Waals surface area contributed by atoms with E-state index >= 15 is 0 Å². The van der Waals surface area contributed by atoms with Gasteiger partial charge in [0.1, 0.15) is 5.82 Å². The molecule has 3 rings (SSSR count). The largest absolute Gasteiger partial charge is 0.313 e. The van der Waals surface area contributed by atoms with Crippen molar-refractivity contribution < 1.29 is 4.40 Å². The van der Waals surface area contributed by atoms with Gasteiger partial charge >= 0.3 is 4.83 Å². The van der Waals surface area contributed by atoms with Crippen LogP contribution in [0.3, 0.4) is 0 Å². The average molecular weight is 233 g/mol. The lowest BCUT2D eigenvalue weighted by Gasteiger charge is -2.00. The lowest BCUT2D eigenvalue weighted by atomic mass is 10.2. The Balaban J connectivity index is 2.45. The molecule has 0 N–H and O–H groups in total. The van der Waals surface area contributed by atoms with E-state index in [-0.39, 0.29) is 0 Å². The van der Waals surface area contributed by atoms with Crippen molar-refractivity contribution in [3.8, 4) is 0 Å². The Bertz CT molecular complexity index is 665. The van der Waals surface area contributed by atoms with E-state index in [1.54, 1.807) is 11.3 Å². The number of hydrogen-bond acceptors (Lipinski definition) is 3. The molecule has 3 aromatic rings. The maximum atomic E-state index is 4.28. The van der Waals surface area contributed by atoms with Gasteiger partial charge < -0.3 is 0 Å². The second-order valence-electron chi connectivity index (χ2n) is 4.26. The zero-order valence-electron chi connectivity index (χ0n) is 9.51. The first-order chi connectivity index (χ1) is 7.68. The fourth-order valence-corrected chi connectivity index (χ4v) is 2.84. The Hall–Kier alpha value is -1.49. The van der Waals surface area contributed by atoms with Crippen LogP contribution in [0.5, 0.6) is 0 Å². The van der Waals surface area contributed by atoms with E-state index in [0.717, 1.165) is 16.3 Å². The molecular weight excluding hydrogens is 220 g/mol. The molecule has 0 radical (unpaired) electrons. The van der Waals surface area contributed by atoms with E-state index in [2.05, 4.69) is 51.3 Å². The van der Waals surface area contributed by atoms with Crippen molar-refractivity contribution in [1.82, 2.24) is 14.6 Å². The molecule has 0 amide bonds. The minimum Gasteiger partial charge on any atom is -0.274 e. The molecular formula is C11H13N4S+. The molecule has 0 fully saturated rings. The van der Waals surface area contributed by atoms with Crippen LogP contribution in [0.1, 0.15) is 31.3 Å². The third kappa shape index (κ3) is 1.18. The first-order valence-electron chi connectivity index (χ1n) is 5.31. The van der Waals surface area contributed by atoms with Crippen LogP contribution in [0.15, 0.2) is 17.8 Å². The second kappa shape index (κ2) is 3.25. The summed E-state index contributed by atoms with van der Waals surface area (Å²) < 4.78 is 4.23. The van der Waals surface area contributed by atoms with Gasteiger partial charge in [0.2, 0.25) is 5.65 Å². The molecule has 3 heterocycles. The highest BCUT2D eigenvalue weighted by molar-refractivity contribution is 7.15. The van der Waals surface area contributed by atoms with E-state index in [4.69, 9.17) is 0 Å². The highest BCUT2D eigenvalue weighted by atomic mass is 32.1. The van der Waals surface area contributed by atoms with Gasteiger partial charge in [-0.2, -0.15) is 4.40 Å². The fourth-order valence-electron chi connectivity index (χ4n) is 1.88. The first kappa shape index (κ1) is 9.72. The predicted octanol–water partition coefficient (Wildman–Crippen LogP) is 1.96. The Labute approximate surface area is 97.2 Å². The maximum Gasteiger partial charge on any atom is 0.313 e.